The highest BCUT2D eigenvalue weighted by Crippen LogP contribution is 2.28. The number of nitrogens with one attached hydrogen (secondary N) is 2. The van der Waals surface area contributed by atoms with Gasteiger partial charge in [-0.1, -0.05) is 19.3 Å². The fraction of sp³-hybridized carbons (Fsp3) is 0.706. The monoisotopic (exact) mass is 318 g/mol. The standard InChI is InChI=1S/C17H26N4O2/c22-16(18-9-8-13-11-19-20-12-13)15-7-4-10-21(15)17(23)14-5-2-1-3-6-14/h11-12,14-15H,1-10H2,(H,18,22)(H,19,20)/t15-/m0/s1. The van der Waals surface area contributed by atoms with Crippen LogP contribution in [0.3, 0.4) is 0 Å². The minimum atomic E-state index is -0.270. The van der Waals surface area contributed by atoms with E-state index in [9.17, 15) is 9.59 Å². The molecule has 0 aromatic carbocycles. The summed E-state index contributed by atoms with van der Waals surface area (Å²) in [6, 6.07) is -0.270. The zero-order valence-electron chi connectivity index (χ0n) is 13.6. The molecule has 6 nitrogen and oxygen atoms in total. The minimum absolute atomic E-state index is 0.00449. The second-order valence-electron chi connectivity index (χ2n) is 6.67. The van der Waals surface area contributed by atoms with Crippen LogP contribution in [0.25, 0.3) is 0 Å². The maximum atomic E-state index is 12.7. The average molecular weight is 318 g/mol. The highest BCUT2D eigenvalue weighted by molar-refractivity contribution is 5.89. The van der Waals surface area contributed by atoms with Crippen molar-refractivity contribution in [2.45, 2.75) is 57.4 Å². The molecule has 0 spiro atoms. The summed E-state index contributed by atoms with van der Waals surface area (Å²) in [6.45, 7) is 1.31. The summed E-state index contributed by atoms with van der Waals surface area (Å²) >= 11 is 0. The van der Waals surface area contributed by atoms with Crippen LogP contribution < -0.4 is 5.32 Å². The number of aromatic nitrogens is 2. The minimum Gasteiger partial charge on any atom is -0.354 e. The van der Waals surface area contributed by atoms with Gasteiger partial charge in [0.25, 0.3) is 0 Å². The molecule has 2 aliphatic rings. The molecule has 1 aromatic rings. The quantitative estimate of drug-likeness (QED) is 0.866. The van der Waals surface area contributed by atoms with Gasteiger partial charge in [0, 0.05) is 25.2 Å². The van der Waals surface area contributed by atoms with Crippen molar-refractivity contribution in [3.63, 3.8) is 0 Å². The van der Waals surface area contributed by atoms with E-state index in [-0.39, 0.29) is 23.8 Å². The van der Waals surface area contributed by atoms with E-state index in [0.29, 0.717) is 6.54 Å². The Morgan fingerprint density at radius 1 is 1.22 bits per heavy atom. The molecule has 23 heavy (non-hydrogen) atoms. The van der Waals surface area contributed by atoms with Crippen molar-refractivity contribution < 1.29 is 9.59 Å². The largest absolute Gasteiger partial charge is 0.354 e. The lowest BCUT2D eigenvalue weighted by Gasteiger charge is -2.30. The van der Waals surface area contributed by atoms with Crippen LogP contribution in [0.5, 0.6) is 0 Å². The number of nitrogens with zero attached hydrogens (tertiary/aromatic N) is 2. The molecule has 1 aliphatic carbocycles. The predicted molar refractivity (Wildman–Crippen MR) is 86.6 cm³/mol. The zero-order valence-corrected chi connectivity index (χ0v) is 13.6. The van der Waals surface area contributed by atoms with Crippen LogP contribution in [0.15, 0.2) is 12.4 Å². The van der Waals surface area contributed by atoms with Gasteiger partial charge in [-0.05, 0) is 37.7 Å². The van der Waals surface area contributed by atoms with Crippen LogP contribution in [-0.4, -0.2) is 46.0 Å². The maximum Gasteiger partial charge on any atom is 0.242 e. The Morgan fingerprint density at radius 3 is 2.78 bits per heavy atom. The maximum absolute atomic E-state index is 12.7. The van der Waals surface area contributed by atoms with Gasteiger partial charge in [-0.2, -0.15) is 5.10 Å². The second kappa shape index (κ2) is 7.62. The van der Waals surface area contributed by atoms with Gasteiger partial charge in [0.05, 0.1) is 6.20 Å². The number of carbonyl (C=O) groups is 2. The molecule has 0 radical (unpaired) electrons. The van der Waals surface area contributed by atoms with E-state index in [2.05, 4.69) is 15.5 Å². The topological polar surface area (TPSA) is 78.1 Å². The van der Waals surface area contributed by atoms with Crippen molar-refractivity contribution >= 4 is 11.8 Å². The molecule has 2 fully saturated rings. The van der Waals surface area contributed by atoms with Gasteiger partial charge < -0.3 is 10.2 Å². The molecule has 2 N–H and O–H groups in total. The number of carbonyl (C=O) groups excluding carboxylic acids is 2. The second-order valence-corrected chi connectivity index (χ2v) is 6.67. The lowest BCUT2D eigenvalue weighted by atomic mass is 9.88. The van der Waals surface area contributed by atoms with Gasteiger partial charge in [-0.15, -0.1) is 0 Å². The molecule has 3 rings (SSSR count). The predicted octanol–water partition coefficient (Wildman–Crippen LogP) is 1.64. The van der Waals surface area contributed by atoms with Gasteiger partial charge in [0.15, 0.2) is 0 Å². The molecule has 0 bridgehead atoms. The van der Waals surface area contributed by atoms with Gasteiger partial charge in [-0.25, -0.2) is 0 Å². The Kier molecular flexibility index (Phi) is 5.31. The SMILES string of the molecule is O=C(NCCc1cn[nH]c1)[C@@H]1CCCN1C(=O)C1CCCCC1. The smallest absolute Gasteiger partial charge is 0.242 e. The first-order valence-electron chi connectivity index (χ1n) is 8.81. The molecular formula is C17H26N4O2. The number of amides is 2. The van der Waals surface area contributed by atoms with E-state index in [1.807, 2.05) is 11.1 Å². The zero-order chi connectivity index (χ0) is 16.1. The summed E-state index contributed by atoms with van der Waals surface area (Å²) < 4.78 is 0. The van der Waals surface area contributed by atoms with Gasteiger partial charge in [-0.3, -0.25) is 14.7 Å². The molecule has 1 atom stereocenters. The highest BCUT2D eigenvalue weighted by Gasteiger charge is 2.37. The summed E-state index contributed by atoms with van der Waals surface area (Å²) in [4.78, 5) is 27.0. The van der Waals surface area contributed by atoms with Crippen molar-refractivity contribution in [1.82, 2.24) is 20.4 Å². The number of hydrogen-bond donors (Lipinski definition) is 2. The summed E-state index contributed by atoms with van der Waals surface area (Å²) in [5.74, 6) is 0.343. The summed E-state index contributed by atoms with van der Waals surface area (Å²) in [5, 5.41) is 9.64. The van der Waals surface area contributed by atoms with Gasteiger partial charge in [0.1, 0.15) is 6.04 Å². The molecule has 1 aromatic heterocycles. The summed E-state index contributed by atoms with van der Waals surface area (Å²) in [7, 11) is 0. The molecular weight excluding hydrogens is 292 g/mol. The molecule has 126 valence electrons. The lowest BCUT2D eigenvalue weighted by molar-refractivity contribution is -0.142. The highest BCUT2D eigenvalue weighted by atomic mass is 16.2. The fourth-order valence-electron chi connectivity index (χ4n) is 3.75. The van der Waals surface area contributed by atoms with E-state index in [4.69, 9.17) is 0 Å². The number of likely N-dealkylation sites (tertiary alicyclic amines) is 1. The number of H-pyrrole nitrogens is 1. The third-order valence-corrected chi connectivity index (χ3v) is 5.06. The lowest BCUT2D eigenvalue weighted by Crippen LogP contribution is -2.48. The van der Waals surface area contributed by atoms with Crippen LogP contribution in [0.2, 0.25) is 0 Å². The average Bonchev–Trinajstić information content (AvgIpc) is 3.26. The van der Waals surface area contributed by atoms with Crippen LogP contribution in [0.4, 0.5) is 0 Å². The van der Waals surface area contributed by atoms with E-state index >= 15 is 0 Å². The van der Waals surface area contributed by atoms with Crippen molar-refractivity contribution in [2.24, 2.45) is 5.92 Å². The fourth-order valence-corrected chi connectivity index (χ4v) is 3.75. The Morgan fingerprint density at radius 2 is 2.04 bits per heavy atom. The molecule has 2 amide bonds. The molecule has 6 heteroatoms. The molecule has 1 aliphatic heterocycles. The van der Waals surface area contributed by atoms with E-state index < -0.39 is 0 Å². The Labute approximate surface area is 137 Å². The van der Waals surface area contributed by atoms with Gasteiger partial charge in [0.2, 0.25) is 11.8 Å². The van der Waals surface area contributed by atoms with E-state index in [0.717, 1.165) is 57.1 Å². The molecule has 2 heterocycles. The summed E-state index contributed by atoms with van der Waals surface area (Å²) in [5.41, 5.74) is 1.08. The van der Waals surface area contributed by atoms with Crippen molar-refractivity contribution in [1.29, 1.82) is 0 Å². The number of aromatic amines is 1. The van der Waals surface area contributed by atoms with Crippen molar-refractivity contribution in [3.8, 4) is 0 Å². The van der Waals surface area contributed by atoms with Crippen molar-refractivity contribution in [2.75, 3.05) is 13.1 Å². The first kappa shape index (κ1) is 16.0. The molecule has 0 unspecified atom stereocenters. The normalized spacial score (nSPS) is 22.3. The summed E-state index contributed by atoms with van der Waals surface area (Å²) in [6.07, 6.45) is 11.6. The third-order valence-electron chi connectivity index (χ3n) is 5.06. The Hall–Kier alpha value is -1.85. The number of rotatable bonds is 5. The van der Waals surface area contributed by atoms with E-state index in [1.165, 1.54) is 6.42 Å². The third kappa shape index (κ3) is 3.92. The van der Waals surface area contributed by atoms with E-state index in [1.54, 1.807) is 6.20 Å². The first-order valence-corrected chi connectivity index (χ1v) is 8.81. The van der Waals surface area contributed by atoms with Gasteiger partial charge >= 0.3 is 0 Å². The van der Waals surface area contributed by atoms with Crippen molar-refractivity contribution in [3.05, 3.63) is 18.0 Å². The Balaban J connectivity index is 1.50. The molecule has 1 saturated carbocycles. The van der Waals surface area contributed by atoms with Crippen LogP contribution in [-0.2, 0) is 16.0 Å². The number of hydrogen-bond acceptors (Lipinski definition) is 3. The van der Waals surface area contributed by atoms with Crippen LogP contribution in [0, 0.1) is 5.92 Å². The Bertz CT molecular complexity index is 523. The van der Waals surface area contributed by atoms with Crippen LogP contribution >= 0.6 is 0 Å². The first-order chi connectivity index (χ1) is 11.3. The molecule has 1 saturated heterocycles. The van der Waals surface area contributed by atoms with Crippen LogP contribution in [0.1, 0.15) is 50.5 Å².